The lowest BCUT2D eigenvalue weighted by Gasteiger charge is -2.35. The Balaban J connectivity index is 0.00000225. The van der Waals surface area contributed by atoms with Gasteiger partial charge in [-0.2, -0.15) is 0 Å². The van der Waals surface area contributed by atoms with Crippen LogP contribution in [0.4, 0.5) is 5.69 Å². The van der Waals surface area contributed by atoms with E-state index >= 15 is 0 Å². The first kappa shape index (κ1) is 25.9. The van der Waals surface area contributed by atoms with Gasteiger partial charge in [0, 0.05) is 50.4 Å². The minimum absolute atomic E-state index is 0. The highest BCUT2D eigenvalue weighted by Gasteiger charge is 2.22. The number of piperazine rings is 1. The number of anilines is 1. The third kappa shape index (κ3) is 6.69. The highest BCUT2D eigenvalue weighted by molar-refractivity contribution is 5.85. The molecule has 0 bridgehead atoms. The number of nitrogens with zero attached hydrogens (tertiary/aromatic N) is 2. The van der Waals surface area contributed by atoms with Crippen LogP contribution in [0.15, 0.2) is 42.5 Å². The van der Waals surface area contributed by atoms with E-state index in [9.17, 15) is 4.79 Å². The van der Waals surface area contributed by atoms with Crippen LogP contribution in [0.1, 0.15) is 17.5 Å². The number of carbonyl (C=O) groups excluding carboxylic acids is 1. The predicted molar refractivity (Wildman–Crippen MR) is 125 cm³/mol. The van der Waals surface area contributed by atoms with Gasteiger partial charge < -0.3 is 20.1 Å². The maximum absolute atomic E-state index is 12.6. The molecule has 166 valence electrons. The van der Waals surface area contributed by atoms with Gasteiger partial charge in [0.05, 0.1) is 14.2 Å². The molecular weight excluding hydrogens is 425 g/mol. The van der Waals surface area contributed by atoms with E-state index in [0.29, 0.717) is 12.8 Å². The Morgan fingerprint density at radius 1 is 0.967 bits per heavy atom. The highest BCUT2D eigenvalue weighted by Crippen LogP contribution is 2.25. The summed E-state index contributed by atoms with van der Waals surface area (Å²) in [6.45, 7) is 3.97. The Morgan fingerprint density at radius 2 is 1.67 bits per heavy atom. The van der Waals surface area contributed by atoms with Crippen molar-refractivity contribution in [3.05, 3.63) is 53.6 Å². The molecule has 1 saturated heterocycles. The predicted octanol–water partition coefficient (Wildman–Crippen LogP) is 3.41. The fourth-order valence-corrected chi connectivity index (χ4v) is 3.56. The van der Waals surface area contributed by atoms with E-state index in [1.807, 2.05) is 47.4 Å². The second-order valence-electron chi connectivity index (χ2n) is 7.03. The van der Waals surface area contributed by atoms with E-state index in [-0.39, 0.29) is 30.7 Å². The van der Waals surface area contributed by atoms with Crippen molar-refractivity contribution in [3.8, 4) is 11.5 Å². The first-order valence-corrected chi connectivity index (χ1v) is 9.65. The summed E-state index contributed by atoms with van der Waals surface area (Å²) < 4.78 is 10.8. The number of nitrogen functional groups attached to an aromatic ring is 1. The van der Waals surface area contributed by atoms with Gasteiger partial charge in [0.25, 0.3) is 0 Å². The molecule has 0 saturated carbocycles. The summed E-state index contributed by atoms with van der Waals surface area (Å²) in [5.41, 5.74) is 8.87. The summed E-state index contributed by atoms with van der Waals surface area (Å²) in [5.74, 6) is 1.88. The van der Waals surface area contributed by atoms with Gasteiger partial charge in [0.1, 0.15) is 11.5 Å². The van der Waals surface area contributed by atoms with Crippen molar-refractivity contribution in [2.24, 2.45) is 0 Å². The number of nitrogens with two attached hydrogens (primary N) is 1. The van der Waals surface area contributed by atoms with E-state index in [1.54, 1.807) is 14.2 Å². The van der Waals surface area contributed by atoms with Gasteiger partial charge in [-0.15, -0.1) is 24.8 Å². The van der Waals surface area contributed by atoms with Gasteiger partial charge in [-0.3, -0.25) is 9.69 Å². The summed E-state index contributed by atoms with van der Waals surface area (Å²) in [6.07, 6.45) is 1.19. The van der Waals surface area contributed by atoms with Crippen molar-refractivity contribution in [3.63, 3.8) is 0 Å². The first-order chi connectivity index (χ1) is 13.6. The number of amides is 1. The molecule has 8 heteroatoms. The van der Waals surface area contributed by atoms with Gasteiger partial charge in [-0.05, 0) is 36.2 Å². The minimum Gasteiger partial charge on any atom is -0.497 e. The third-order valence-electron chi connectivity index (χ3n) is 5.27. The summed E-state index contributed by atoms with van der Waals surface area (Å²) in [6, 6.07) is 13.6. The summed E-state index contributed by atoms with van der Waals surface area (Å²) in [7, 11) is 3.35. The first-order valence-electron chi connectivity index (χ1n) is 9.65. The molecule has 1 heterocycles. The molecule has 0 aromatic heterocycles. The minimum atomic E-state index is 0. The Kier molecular flexibility index (Phi) is 10.8. The Hall–Kier alpha value is -2.15. The number of aryl methyl sites for hydroxylation is 1. The van der Waals surface area contributed by atoms with Crippen molar-refractivity contribution in [1.29, 1.82) is 0 Å². The Morgan fingerprint density at radius 3 is 2.30 bits per heavy atom. The van der Waals surface area contributed by atoms with Crippen LogP contribution in [0.25, 0.3) is 0 Å². The topological polar surface area (TPSA) is 68.0 Å². The van der Waals surface area contributed by atoms with Crippen LogP contribution in [-0.2, 0) is 17.8 Å². The van der Waals surface area contributed by atoms with Crippen molar-refractivity contribution in [2.45, 2.75) is 19.4 Å². The molecule has 0 aliphatic carbocycles. The standard InChI is InChI=1S/C22H29N3O3.2ClH/c1-27-19-8-9-21(28-2)18(15-19)16-24-11-13-25(14-12-24)22(26)10-7-17-5-3-4-6-20(17)23;;/h3-6,8-9,15H,7,10-14,16,23H2,1-2H3;2*1H. The van der Waals surface area contributed by atoms with Gasteiger partial charge in [-0.25, -0.2) is 0 Å². The van der Waals surface area contributed by atoms with Crippen LogP contribution < -0.4 is 15.2 Å². The summed E-state index contributed by atoms with van der Waals surface area (Å²) >= 11 is 0. The molecule has 3 rings (SSSR count). The number of halogens is 2. The van der Waals surface area contributed by atoms with Crippen molar-refractivity contribution in [2.75, 3.05) is 46.1 Å². The van der Waals surface area contributed by atoms with Gasteiger partial charge >= 0.3 is 0 Å². The summed E-state index contributed by atoms with van der Waals surface area (Å²) in [5, 5.41) is 0. The fraction of sp³-hybridized carbons (Fsp3) is 0.409. The number of methoxy groups -OCH3 is 2. The number of ether oxygens (including phenoxy) is 2. The molecule has 0 unspecified atom stereocenters. The Bertz CT molecular complexity index is 812. The monoisotopic (exact) mass is 455 g/mol. The number of benzene rings is 2. The molecule has 6 nitrogen and oxygen atoms in total. The molecule has 0 spiro atoms. The highest BCUT2D eigenvalue weighted by atomic mass is 35.5. The third-order valence-corrected chi connectivity index (χ3v) is 5.27. The fourth-order valence-electron chi connectivity index (χ4n) is 3.56. The molecule has 1 aliphatic heterocycles. The number of hydrogen-bond donors (Lipinski definition) is 1. The lowest BCUT2D eigenvalue weighted by molar-refractivity contribution is -0.133. The molecular formula is C22H31Cl2N3O3. The molecule has 1 aliphatic rings. The molecule has 0 atom stereocenters. The average Bonchev–Trinajstić information content (AvgIpc) is 2.73. The van der Waals surface area contributed by atoms with Gasteiger partial charge in [0.15, 0.2) is 0 Å². The largest absolute Gasteiger partial charge is 0.497 e. The van der Waals surface area contributed by atoms with Crippen LogP contribution in [0, 0.1) is 0 Å². The summed E-state index contributed by atoms with van der Waals surface area (Å²) in [4.78, 5) is 16.9. The van der Waals surface area contributed by atoms with E-state index in [0.717, 1.165) is 61.0 Å². The smallest absolute Gasteiger partial charge is 0.222 e. The van der Waals surface area contributed by atoms with Crippen LogP contribution in [0.2, 0.25) is 0 Å². The number of carbonyl (C=O) groups is 1. The van der Waals surface area contributed by atoms with E-state index in [2.05, 4.69) is 4.90 Å². The molecule has 2 aromatic rings. The van der Waals surface area contributed by atoms with E-state index < -0.39 is 0 Å². The second kappa shape index (κ2) is 12.5. The molecule has 0 radical (unpaired) electrons. The number of rotatable bonds is 7. The normalized spacial score (nSPS) is 13.7. The lowest BCUT2D eigenvalue weighted by atomic mass is 10.1. The quantitative estimate of drug-likeness (QED) is 0.647. The molecule has 2 N–H and O–H groups in total. The van der Waals surface area contributed by atoms with Gasteiger partial charge in [0.2, 0.25) is 5.91 Å². The van der Waals surface area contributed by atoms with Crippen molar-refractivity contribution in [1.82, 2.24) is 9.80 Å². The number of hydrogen-bond acceptors (Lipinski definition) is 5. The molecule has 1 amide bonds. The molecule has 30 heavy (non-hydrogen) atoms. The number of para-hydroxylation sites is 1. The van der Waals surface area contributed by atoms with Crippen LogP contribution in [0.5, 0.6) is 11.5 Å². The van der Waals surface area contributed by atoms with Crippen LogP contribution >= 0.6 is 24.8 Å². The van der Waals surface area contributed by atoms with E-state index in [1.165, 1.54) is 0 Å². The second-order valence-corrected chi connectivity index (χ2v) is 7.03. The van der Waals surface area contributed by atoms with Crippen LogP contribution in [-0.4, -0.2) is 56.1 Å². The van der Waals surface area contributed by atoms with Crippen molar-refractivity contribution >= 4 is 36.4 Å². The SMILES string of the molecule is COc1ccc(OC)c(CN2CCN(C(=O)CCc3ccccc3N)CC2)c1.Cl.Cl. The van der Waals surface area contributed by atoms with Crippen molar-refractivity contribution < 1.29 is 14.3 Å². The molecule has 1 fully saturated rings. The Labute approximate surface area is 191 Å². The zero-order valence-electron chi connectivity index (χ0n) is 17.5. The van der Waals surface area contributed by atoms with E-state index in [4.69, 9.17) is 15.2 Å². The van der Waals surface area contributed by atoms with Crippen LogP contribution in [0.3, 0.4) is 0 Å². The zero-order chi connectivity index (χ0) is 19.9. The maximum atomic E-state index is 12.6. The molecule has 2 aromatic carbocycles. The average molecular weight is 456 g/mol. The lowest BCUT2D eigenvalue weighted by Crippen LogP contribution is -2.48. The maximum Gasteiger partial charge on any atom is 0.222 e. The van der Waals surface area contributed by atoms with Gasteiger partial charge in [-0.1, -0.05) is 18.2 Å². The zero-order valence-corrected chi connectivity index (χ0v) is 19.1.